The van der Waals surface area contributed by atoms with Crippen LogP contribution < -0.4 is 5.32 Å². The molecule has 0 aliphatic carbocycles. The highest BCUT2D eigenvalue weighted by Crippen LogP contribution is 2.24. The minimum absolute atomic E-state index is 0.0631. The van der Waals surface area contributed by atoms with Gasteiger partial charge in [-0.3, -0.25) is 9.69 Å². The molecule has 0 unspecified atom stereocenters. The maximum atomic E-state index is 12.0. The number of hydrogen-bond donors (Lipinski definition) is 1. The van der Waals surface area contributed by atoms with Crippen LogP contribution in [0.15, 0.2) is 24.3 Å². The van der Waals surface area contributed by atoms with E-state index in [1.165, 1.54) is 4.70 Å². The van der Waals surface area contributed by atoms with Crippen molar-refractivity contribution in [1.82, 2.24) is 15.2 Å². The highest BCUT2D eigenvalue weighted by Gasteiger charge is 2.33. The Bertz CT molecular complexity index is 639. The summed E-state index contributed by atoms with van der Waals surface area (Å²) < 4.78 is 6.78. The molecule has 2 aromatic rings. The molecule has 5 nitrogen and oxygen atoms in total. The Labute approximate surface area is 126 Å². The van der Waals surface area contributed by atoms with Crippen LogP contribution in [0.1, 0.15) is 5.01 Å². The molecule has 1 aromatic heterocycles. The van der Waals surface area contributed by atoms with Crippen molar-refractivity contribution < 1.29 is 9.53 Å². The van der Waals surface area contributed by atoms with Gasteiger partial charge in [0.05, 0.1) is 41.9 Å². The number of ether oxygens (including phenoxy) is 1. The van der Waals surface area contributed by atoms with Gasteiger partial charge in [0.1, 0.15) is 5.01 Å². The Morgan fingerprint density at radius 1 is 1.33 bits per heavy atom. The Kier molecular flexibility index (Phi) is 3.37. The number of amides is 1. The van der Waals surface area contributed by atoms with E-state index in [2.05, 4.69) is 16.3 Å². The van der Waals surface area contributed by atoms with E-state index in [9.17, 15) is 4.79 Å². The summed E-state index contributed by atoms with van der Waals surface area (Å²) in [5, 5.41) is 4.18. The summed E-state index contributed by atoms with van der Waals surface area (Å²) in [6.45, 7) is 3.52. The second-order valence-electron chi connectivity index (χ2n) is 5.71. The van der Waals surface area contributed by atoms with Crippen molar-refractivity contribution in [1.29, 1.82) is 0 Å². The van der Waals surface area contributed by atoms with Gasteiger partial charge >= 0.3 is 0 Å². The van der Waals surface area contributed by atoms with Crippen molar-refractivity contribution >= 4 is 27.5 Å². The van der Waals surface area contributed by atoms with Gasteiger partial charge in [-0.1, -0.05) is 12.1 Å². The van der Waals surface area contributed by atoms with Crippen molar-refractivity contribution in [2.75, 3.05) is 26.3 Å². The molecule has 2 bridgehead atoms. The summed E-state index contributed by atoms with van der Waals surface area (Å²) in [7, 11) is 0. The lowest BCUT2D eigenvalue weighted by Crippen LogP contribution is -2.41. The molecule has 0 saturated carbocycles. The monoisotopic (exact) mass is 303 g/mol. The summed E-state index contributed by atoms with van der Waals surface area (Å²) in [6.07, 6.45) is 0. The zero-order chi connectivity index (χ0) is 14.2. The quantitative estimate of drug-likeness (QED) is 0.907. The first kappa shape index (κ1) is 13.2. The van der Waals surface area contributed by atoms with Gasteiger partial charge in [-0.05, 0) is 12.1 Å². The number of carbonyl (C=O) groups is 1. The molecule has 21 heavy (non-hydrogen) atoms. The topological polar surface area (TPSA) is 54.5 Å². The van der Waals surface area contributed by atoms with E-state index in [0.29, 0.717) is 13.2 Å². The van der Waals surface area contributed by atoms with Crippen LogP contribution in [0.2, 0.25) is 0 Å². The number of carbonyl (C=O) groups excluding carboxylic acids is 1. The normalized spacial score (nSPS) is 26.6. The van der Waals surface area contributed by atoms with Crippen LogP contribution in [0.25, 0.3) is 10.2 Å². The molecule has 2 aliphatic rings. The third-order valence-electron chi connectivity index (χ3n) is 4.01. The Morgan fingerprint density at radius 3 is 3.14 bits per heavy atom. The first-order chi connectivity index (χ1) is 10.3. The number of fused-ring (bicyclic) bond motifs is 4. The van der Waals surface area contributed by atoms with Gasteiger partial charge in [-0.2, -0.15) is 0 Å². The minimum atomic E-state index is -0.0631. The second kappa shape index (κ2) is 5.36. The number of nitrogens with one attached hydrogen (secondary N) is 1. The number of thiazole rings is 1. The SMILES string of the molecule is O=C1N[C@@H]2COC[C@H]1CN(Cc1nc3ccccc3s1)C2. The number of para-hydroxylation sites is 1. The van der Waals surface area contributed by atoms with Crippen LogP contribution in [0.4, 0.5) is 0 Å². The maximum absolute atomic E-state index is 12.0. The molecule has 1 aromatic carbocycles. The summed E-state index contributed by atoms with van der Waals surface area (Å²) in [6, 6.07) is 8.31. The molecule has 2 saturated heterocycles. The molecule has 110 valence electrons. The predicted molar refractivity (Wildman–Crippen MR) is 81.1 cm³/mol. The van der Waals surface area contributed by atoms with Crippen molar-refractivity contribution in [2.45, 2.75) is 12.6 Å². The molecular formula is C15H17N3O2S. The Hall–Kier alpha value is -1.50. The van der Waals surface area contributed by atoms with Crippen LogP contribution in [0, 0.1) is 5.92 Å². The van der Waals surface area contributed by atoms with Gasteiger partial charge in [0.25, 0.3) is 0 Å². The van der Waals surface area contributed by atoms with E-state index in [4.69, 9.17) is 9.72 Å². The summed E-state index contributed by atoms with van der Waals surface area (Å²) in [5.74, 6) is 0.0659. The Balaban J connectivity index is 1.55. The molecule has 4 rings (SSSR count). The highest BCUT2D eigenvalue weighted by molar-refractivity contribution is 7.18. The van der Waals surface area contributed by atoms with E-state index in [1.54, 1.807) is 11.3 Å². The lowest BCUT2D eigenvalue weighted by atomic mass is 10.1. The summed E-state index contributed by atoms with van der Waals surface area (Å²) >= 11 is 1.74. The largest absolute Gasteiger partial charge is 0.378 e. The van der Waals surface area contributed by atoms with Gasteiger partial charge in [0, 0.05) is 13.1 Å². The van der Waals surface area contributed by atoms with E-state index in [0.717, 1.165) is 30.2 Å². The summed E-state index contributed by atoms with van der Waals surface area (Å²) in [5.41, 5.74) is 1.06. The Morgan fingerprint density at radius 2 is 2.24 bits per heavy atom. The van der Waals surface area contributed by atoms with Gasteiger partial charge in [-0.25, -0.2) is 4.98 Å². The molecule has 2 aliphatic heterocycles. The summed E-state index contributed by atoms with van der Waals surface area (Å²) in [4.78, 5) is 19.0. The number of benzene rings is 1. The van der Waals surface area contributed by atoms with E-state index < -0.39 is 0 Å². The molecule has 1 amide bonds. The molecule has 2 atom stereocenters. The van der Waals surface area contributed by atoms with Crippen LogP contribution in [0.5, 0.6) is 0 Å². The van der Waals surface area contributed by atoms with Gasteiger partial charge < -0.3 is 10.1 Å². The predicted octanol–water partition coefficient (Wildman–Crippen LogP) is 1.24. The lowest BCUT2D eigenvalue weighted by molar-refractivity contribution is -0.125. The molecule has 0 spiro atoms. The average Bonchev–Trinajstić information content (AvgIpc) is 2.69. The van der Waals surface area contributed by atoms with Crippen LogP contribution in [-0.2, 0) is 16.1 Å². The van der Waals surface area contributed by atoms with E-state index >= 15 is 0 Å². The molecular weight excluding hydrogens is 286 g/mol. The molecule has 1 N–H and O–H groups in total. The number of hydrogen-bond acceptors (Lipinski definition) is 5. The number of aromatic nitrogens is 1. The maximum Gasteiger partial charge on any atom is 0.227 e. The number of nitrogens with zero attached hydrogens (tertiary/aromatic N) is 2. The van der Waals surface area contributed by atoms with Crippen molar-refractivity contribution in [3.8, 4) is 0 Å². The van der Waals surface area contributed by atoms with Crippen molar-refractivity contribution in [2.24, 2.45) is 5.92 Å². The van der Waals surface area contributed by atoms with Gasteiger partial charge in [0.2, 0.25) is 5.91 Å². The molecule has 2 fully saturated rings. The molecule has 6 heteroatoms. The molecule has 0 radical (unpaired) electrons. The van der Waals surface area contributed by atoms with E-state index in [-0.39, 0.29) is 17.9 Å². The van der Waals surface area contributed by atoms with Gasteiger partial charge in [0.15, 0.2) is 0 Å². The average molecular weight is 303 g/mol. The third kappa shape index (κ3) is 2.66. The van der Waals surface area contributed by atoms with Crippen LogP contribution in [0.3, 0.4) is 0 Å². The zero-order valence-electron chi connectivity index (χ0n) is 11.6. The fourth-order valence-electron chi connectivity index (χ4n) is 3.03. The van der Waals surface area contributed by atoms with Crippen LogP contribution >= 0.6 is 11.3 Å². The van der Waals surface area contributed by atoms with Gasteiger partial charge in [-0.15, -0.1) is 11.3 Å². The first-order valence-corrected chi connectivity index (χ1v) is 8.04. The zero-order valence-corrected chi connectivity index (χ0v) is 12.4. The van der Waals surface area contributed by atoms with Crippen molar-refractivity contribution in [3.05, 3.63) is 29.3 Å². The standard InChI is InChI=1S/C15H17N3O2S/c19-15-10-5-18(6-11(16-15)9-20-8-10)7-14-17-12-3-1-2-4-13(12)21-14/h1-4,10-11H,5-9H2,(H,16,19)/t10-,11+/m1/s1. The van der Waals surface area contributed by atoms with E-state index in [1.807, 2.05) is 18.2 Å². The fraction of sp³-hybridized carbons (Fsp3) is 0.467. The lowest BCUT2D eigenvalue weighted by Gasteiger charge is -2.26. The first-order valence-electron chi connectivity index (χ1n) is 7.23. The molecule has 3 heterocycles. The smallest absolute Gasteiger partial charge is 0.227 e. The third-order valence-corrected chi connectivity index (χ3v) is 5.03. The van der Waals surface area contributed by atoms with Crippen LogP contribution in [-0.4, -0.2) is 48.1 Å². The fourth-order valence-corrected chi connectivity index (χ4v) is 4.04. The van der Waals surface area contributed by atoms with Crippen molar-refractivity contribution in [3.63, 3.8) is 0 Å². The second-order valence-corrected chi connectivity index (χ2v) is 6.82. The number of rotatable bonds is 2. The minimum Gasteiger partial charge on any atom is -0.378 e. The highest BCUT2D eigenvalue weighted by atomic mass is 32.1.